The number of aryl methyl sites for hydroxylation is 1. The van der Waals surface area contributed by atoms with Crippen molar-refractivity contribution in [2.75, 3.05) is 23.3 Å². The molecule has 140 valence electrons. The number of nitrogens with one attached hydrogen (secondary N) is 1. The lowest BCUT2D eigenvalue weighted by molar-refractivity contribution is -0.116. The number of thiazole rings is 1. The summed E-state index contributed by atoms with van der Waals surface area (Å²) in [7, 11) is 0. The molecule has 0 atom stereocenters. The van der Waals surface area contributed by atoms with Gasteiger partial charge in [0.25, 0.3) is 0 Å². The van der Waals surface area contributed by atoms with Gasteiger partial charge in [0.1, 0.15) is 5.01 Å². The maximum Gasteiger partial charge on any atom is 0.224 e. The summed E-state index contributed by atoms with van der Waals surface area (Å²) in [5, 5.41) is 5.94. The molecule has 0 aliphatic rings. The van der Waals surface area contributed by atoms with Gasteiger partial charge < -0.3 is 10.2 Å². The van der Waals surface area contributed by atoms with Crippen LogP contribution in [-0.4, -0.2) is 29.0 Å². The Morgan fingerprint density at radius 1 is 1.07 bits per heavy atom. The van der Waals surface area contributed by atoms with Crippen LogP contribution in [0.5, 0.6) is 0 Å². The average molecular weight is 381 g/mol. The Bertz CT molecular complexity index is 857. The van der Waals surface area contributed by atoms with E-state index in [1.54, 1.807) is 23.7 Å². The molecule has 0 spiro atoms. The third-order valence-corrected chi connectivity index (χ3v) is 5.31. The Kier molecular flexibility index (Phi) is 6.54. The van der Waals surface area contributed by atoms with Crippen molar-refractivity contribution in [3.05, 3.63) is 59.9 Å². The van der Waals surface area contributed by atoms with Crippen molar-refractivity contribution in [3.8, 4) is 10.6 Å². The van der Waals surface area contributed by atoms with Crippen molar-refractivity contribution in [2.24, 2.45) is 0 Å². The van der Waals surface area contributed by atoms with E-state index in [2.05, 4.69) is 34.0 Å². The molecule has 2 aromatic heterocycles. The van der Waals surface area contributed by atoms with E-state index in [1.165, 1.54) is 5.69 Å². The second kappa shape index (κ2) is 9.28. The number of nitrogens with zero attached hydrogens (tertiary/aromatic N) is 3. The molecule has 27 heavy (non-hydrogen) atoms. The fourth-order valence-corrected chi connectivity index (χ4v) is 3.72. The summed E-state index contributed by atoms with van der Waals surface area (Å²) in [4.78, 5) is 23.1. The van der Waals surface area contributed by atoms with E-state index in [-0.39, 0.29) is 5.91 Å². The summed E-state index contributed by atoms with van der Waals surface area (Å²) < 4.78 is 0. The number of rotatable bonds is 8. The second-order valence-corrected chi connectivity index (χ2v) is 7.01. The van der Waals surface area contributed by atoms with Crippen molar-refractivity contribution in [1.29, 1.82) is 0 Å². The number of benzene rings is 1. The first-order chi connectivity index (χ1) is 13.2. The van der Waals surface area contributed by atoms with Gasteiger partial charge in [-0.1, -0.05) is 0 Å². The van der Waals surface area contributed by atoms with Crippen LogP contribution in [0.2, 0.25) is 0 Å². The Morgan fingerprint density at radius 3 is 2.44 bits per heavy atom. The van der Waals surface area contributed by atoms with Crippen LogP contribution in [0.15, 0.2) is 54.2 Å². The van der Waals surface area contributed by atoms with Crippen molar-refractivity contribution >= 4 is 28.6 Å². The van der Waals surface area contributed by atoms with Crippen LogP contribution in [0.25, 0.3) is 10.6 Å². The van der Waals surface area contributed by atoms with E-state index in [4.69, 9.17) is 0 Å². The molecule has 2 heterocycles. The van der Waals surface area contributed by atoms with E-state index in [1.807, 2.05) is 41.8 Å². The highest BCUT2D eigenvalue weighted by Gasteiger charge is 2.08. The molecule has 0 saturated carbocycles. The minimum Gasteiger partial charge on any atom is -0.372 e. The SMILES string of the molecule is CCN(CC)c1ccc(NC(=O)CCc2csc(-c3ccncc3)n2)cc1. The molecule has 0 fully saturated rings. The van der Waals surface area contributed by atoms with Gasteiger partial charge in [-0.05, 0) is 56.7 Å². The number of anilines is 2. The third-order valence-electron chi connectivity index (χ3n) is 4.37. The highest BCUT2D eigenvalue weighted by Crippen LogP contribution is 2.23. The number of carbonyl (C=O) groups excluding carboxylic acids is 1. The summed E-state index contributed by atoms with van der Waals surface area (Å²) in [5.74, 6) is 0.00375. The van der Waals surface area contributed by atoms with Crippen molar-refractivity contribution in [1.82, 2.24) is 9.97 Å². The normalized spacial score (nSPS) is 10.6. The molecular weight excluding hydrogens is 356 g/mol. The number of aromatic nitrogens is 2. The quantitative estimate of drug-likeness (QED) is 0.619. The Balaban J connectivity index is 1.52. The van der Waals surface area contributed by atoms with Crippen molar-refractivity contribution in [2.45, 2.75) is 26.7 Å². The zero-order chi connectivity index (χ0) is 19.1. The molecule has 1 N–H and O–H groups in total. The summed E-state index contributed by atoms with van der Waals surface area (Å²) in [5.41, 5.74) is 3.99. The molecule has 0 aliphatic heterocycles. The van der Waals surface area contributed by atoms with Crippen LogP contribution in [0.4, 0.5) is 11.4 Å². The van der Waals surface area contributed by atoms with E-state index in [0.717, 1.165) is 35.0 Å². The molecular formula is C21H24N4OS. The predicted molar refractivity (Wildman–Crippen MR) is 112 cm³/mol. The number of amides is 1. The monoisotopic (exact) mass is 380 g/mol. The highest BCUT2D eigenvalue weighted by molar-refractivity contribution is 7.13. The molecule has 5 nitrogen and oxygen atoms in total. The van der Waals surface area contributed by atoms with Gasteiger partial charge in [-0.3, -0.25) is 9.78 Å². The predicted octanol–water partition coefficient (Wildman–Crippen LogP) is 4.62. The number of carbonyl (C=O) groups is 1. The molecule has 0 radical (unpaired) electrons. The maximum atomic E-state index is 12.2. The summed E-state index contributed by atoms with van der Waals surface area (Å²) in [6.07, 6.45) is 4.56. The number of hydrogen-bond donors (Lipinski definition) is 1. The smallest absolute Gasteiger partial charge is 0.224 e. The van der Waals surface area contributed by atoms with Crippen LogP contribution < -0.4 is 10.2 Å². The number of hydrogen-bond acceptors (Lipinski definition) is 5. The molecule has 1 aromatic carbocycles. The van der Waals surface area contributed by atoms with Crippen molar-refractivity contribution in [3.63, 3.8) is 0 Å². The van der Waals surface area contributed by atoms with Crippen LogP contribution in [0, 0.1) is 0 Å². The Morgan fingerprint density at radius 2 is 1.78 bits per heavy atom. The van der Waals surface area contributed by atoms with Gasteiger partial charge in [-0.2, -0.15) is 0 Å². The molecule has 0 bridgehead atoms. The Hall–Kier alpha value is -2.73. The van der Waals surface area contributed by atoms with Crippen LogP contribution >= 0.6 is 11.3 Å². The van der Waals surface area contributed by atoms with Crippen LogP contribution in [-0.2, 0) is 11.2 Å². The highest BCUT2D eigenvalue weighted by atomic mass is 32.1. The van der Waals surface area contributed by atoms with Gasteiger partial charge in [0.2, 0.25) is 5.91 Å². The minimum absolute atomic E-state index is 0.00375. The number of pyridine rings is 1. The first kappa shape index (κ1) is 19.0. The zero-order valence-corrected chi connectivity index (χ0v) is 16.5. The Labute approximate surface area is 164 Å². The van der Waals surface area contributed by atoms with Gasteiger partial charge in [0, 0.05) is 54.2 Å². The maximum absolute atomic E-state index is 12.2. The third kappa shape index (κ3) is 5.14. The standard InChI is InChI=1S/C21H24N4OS/c1-3-25(4-2)19-8-5-17(6-9-19)23-20(26)10-7-18-15-27-21(24-18)16-11-13-22-14-12-16/h5-6,8-9,11-15H,3-4,7,10H2,1-2H3,(H,23,26). The van der Waals surface area contributed by atoms with Gasteiger partial charge in [-0.25, -0.2) is 4.98 Å². The molecule has 0 saturated heterocycles. The van der Waals surface area contributed by atoms with Gasteiger partial charge in [-0.15, -0.1) is 11.3 Å². The van der Waals surface area contributed by atoms with Gasteiger partial charge in [0.05, 0.1) is 5.69 Å². The summed E-state index contributed by atoms with van der Waals surface area (Å²) >= 11 is 1.59. The molecule has 0 aliphatic carbocycles. The fourth-order valence-electron chi connectivity index (χ4n) is 2.86. The van der Waals surface area contributed by atoms with Gasteiger partial charge in [0.15, 0.2) is 0 Å². The molecule has 3 aromatic rings. The van der Waals surface area contributed by atoms with E-state index < -0.39 is 0 Å². The zero-order valence-electron chi connectivity index (χ0n) is 15.7. The summed E-state index contributed by atoms with van der Waals surface area (Å²) in [6, 6.07) is 11.9. The second-order valence-electron chi connectivity index (χ2n) is 6.15. The summed E-state index contributed by atoms with van der Waals surface area (Å²) in [6.45, 7) is 6.21. The van der Waals surface area contributed by atoms with E-state index >= 15 is 0 Å². The first-order valence-corrected chi connectivity index (χ1v) is 10.1. The molecule has 1 amide bonds. The largest absolute Gasteiger partial charge is 0.372 e. The fraction of sp³-hybridized carbons (Fsp3) is 0.286. The van der Waals surface area contributed by atoms with Crippen molar-refractivity contribution < 1.29 is 4.79 Å². The topological polar surface area (TPSA) is 58.1 Å². The van der Waals surface area contributed by atoms with Crippen LogP contribution in [0.3, 0.4) is 0 Å². The average Bonchev–Trinajstić information content (AvgIpc) is 3.18. The van der Waals surface area contributed by atoms with E-state index in [9.17, 15) is 4.79 Å². The van der Waals surface area contributed by atoms with E-state index in [0.29, 0.717) is 12.8 Å². The van der Waals surface area contributed by atoms with Crippen LogP contribution in [0.1, 0.15) is 26.0 Å². The lowest BCUT2D eigenvalue weighted by Crippen LogP contribution is -2.21. The van der Waals surface area contributed by atoms with Gasteiger partial charge >= 0.3 is 0 Å². The molecule has 6 heteroatoms. The molecule has 3 rings (SSSR count). The lowest BCUT2D eigenvalue weighted by atomic mass is 10.2. The first-order valence-electron chi connectivity index (χ1n) is 9.19. The minimum atomic E-state index is 0.00375. The molecule has 0 unspecified atom stereocenters. The lowest BCUT2D eigenvalue weighted by Gasteiger charge is -2.21.